The number of hydrogen-bond donors (Lipinski definition) is 0. The minimum atomic E-state index is 0.583. The van der Waals surface area contributed by atoms with E-state index >= 15 is 0 Å². The lowest BCUT2D eigenvalue weighted by Crippen LogP contribution is -2.27. The number of alkyl halides is 1. The second kappa shape index (κ2) is 4.26. The smallest absolute Gasteiger partial charge is 0.0553 e. The summed E-state index contributed by atoms with van der Waals surface area (Å²) in [5.41, 5.74) is 6.86. The molecule has 2 heteroatoms. The third-order valence-corrected chi connectivity index (χ3v) is 5.28. The van der Waals surface area contributed by atoms with Gasteiger partial charge in [-0.2, -0.15) is 0 Å². The predicted molar refractivity (Wildman–Crippen MR) is 74.7 cm³/mol. The van der Waals surface area contributed by atoms with E-state index in [1.165, 1.54) is 11.1 Å². The molecule has 3 rings (SSSR count). The van der Waals surface area contributed by atoms with E-state index in [2.05, 4.69) is 58.0 Å². The first-order valence-electron chi connectivity index (χ1n) is 5.53. The monoisotopic (exact) mass is 287 g/mol. The van der Waals surface area contributed by atoms with Gasteiger partial charge in [0, 0.05) is 11.2 Å². The molecule has 1 aromatic carbocycles. The van der Waals surface area contributed by atoms with Crippen LogP contribution in [0.2, 0.25) is 0 Å². The molecule has 0 N–H and O–H groups in total. The van der Waals surface area contributed by atoms with Crippen LogP contribution in [0, 0.1) is 0 Å². The molecule has 0 saturated heterocycles. The van der Waals surface area contributed by atoms with Crippen LogP contribution in [0.15, 0.2) is 47.7 Å². The Morgan fingerprint density at radius 1 is 1.31 bits per heavy atom. The fraction of sp³-hybridized carbons (Fsp3) is 0.214. The van der Waals surface area contributed by atoms with E-state index in [1.54, 1.807) is 10.7 Å². The maximum absolute atomic E-state index is 3.68. The second-order valence-electron chi connectivity index (χ2n) is 4.19. The molecule has 1 atom stereocenters. The SMILES string of the molecule is BrCC1C2=[Si]C=CC=C2Cc2ccccc21. The zero-order valence-corrected chi connectivity index (χ0v) is 11.5. The van der Waals surface area contributed by atoms with Gasteiger partial charge in [0.1, 0.15) is 0 Å². The summed E-state index contributed by atoms with van der Waals surface area (Å²) in [4.78, 5) is 0. The molecule has 1 aliphatic heterocycles. The zero-order chi connectivity index (χ0) is 11.0. The van der Waals surface area contributed by atoms with Gasteiger partial charge in [0.25, 0.3) is 0 Å². The van der Waals surface area contributed by atoms with Crippen molar-refractivity contribution in [2.75, 3.05) is 5.33 Å². The largest absolute Gasteiger partial charge is 0.0918 e. The van der Waals surface area contributed by atoms with Gasteiger partial charge in [-0.3, -0.25) is 0 Å². The Morgan fingerprint density at radius 3 is 3.06 bits per heavy atom. The van der Waals surface area contributed by atoms with Crippen molar-refractivity contribution in [3.05, 3.63) is 58.8 Å². The number of benzene rings is 1. The average molecular weight is 288 g/mol. The predicted octanol–water partition coefficient (Wildman–Crippen LogP) is 3.05. The number of hydrogen-bond acceptors (Lipinski definition) is 0. The topological polar surface area (TPSA) is 0 Å². The number of halogens is 1. The molecule has 0 bridgehead atoms. The normalized spacial score (nSPS) is 21.9. The summed E-state index contributed by atoms with van der Waals surface area (Å²) in [6, 6.07) is 8.86. The summed E-state index contributed by atoms with van der Waals surface area (Å²) in [6.07, 6.45) is 5.61. The molecule has 79 valence electrons. The maximum Gasteiger partial charge on any atom is 0.0553 e. The van der Waals surface area contributed by atoms with Gasteiger partial charge >= 0.3 is 0 Å². The average Bonchev–Trinajstić information content (AvgIpc) is 2.36. The summed E-state index contributed by atoms with van der Waals surface area (Å²) in [5, 5.41) is 2.68. The minimum absolute atomic E-state index is 0.583. The van der Waals surface area contributed by atoms with Crippen LogP contribution in [0.1, 0.15) is 17.0 Å². The van der Waals surface area contributed by atoms with Crippen LogP contribution in [-0.2, 0) is 6.42 Å². The fourth-order valence-corrected chi connectivity index (χ4v) is 4.68. The lowest BCUT2D eigenvalue weighted by atomic mass is 9.80. The van der Waals surface area contributed by atoms with Crippen LogP contribution in [0.3, 0.4) is 0 Å². The van der Waals surface area contributed by atoms with Crippen LogP contribution in [0.5, 0.6) is 0 Å². The standard InChI is InChI=1S/C14H12BrSi/c15-9-13-12-6-2-1-4-10(12)8-11-5-3-7-16-14(11)13/h1-7,13H,8-9H2. The number of rotatable bonds is 1. The summed E-state index contributed by atoms with van der Waals surface area (Å²) in [5.74, 6) is 0.583. The van der Waals surface area contributed by atoms with E-state index in [9.17, 15) is 0 Å². The highest BCUT2D eigenvalue weighted by molar-refractivity contribution is 9.09. The first-order valence-corrected chi connectivity index (χ1v) is 7.73. The Morgan fingerprint density at radius 2 is 2.19 bits per heavy atom. The molecular formula is C14H12BrSi. The highest BCUT2D eigenvalue weighted by atomic mass is 79.9. The van der Waals surface area contributed by atoms with Crippen molar-refractivity contribution in [2.45, 2.75) is 12.3 Å². The van der Waals surface area contributed by atoms with Crippen LogP contribution in [-0.4, -0.2) is 19.6 Å². The molecular weight excluding hydrogens is 276 g/mol. The van der Waals surface area contributed by atoms with Gasteiger partial charge in [-0.05, 0) is 23.1 Å². The molecule has 1 unspecified atom stereocenters. The molecule has 0 spiro atoms. The Bertz CT molecular complexity index is 511. The van der Waals surface area contributed by atoms with Crippen LogP contribution >= 0.6 is 15.9 Å². The Labute approximate surface area is 107 Å². The number of fused-ring (bicyclic) bond motifs is 2. The summed E-state index contributed by atoms with van der Waals surface area (Å²) in [7, 11) is 0.868. The van der Waals surface area contributed by atoms with Gasteiger partial charge in [-0.25, -0.2) is 0 Å². The Hall–Kier alpha value is -0.733. The first-order chi connectivity index (χ1) is 7.90. The molecule has 16 heavy (non-hydrogen) atoms. The summed E-state index contributed by atoms with van der Waals surface area (Å²) >= 11 is 3.68. The minimum Gasteiger partial charge on any atom is -0.0918 e. The molecule has 1 aromatic rings. The molecule has 0 saturated carbocycles. The van der Waals surface area contributed by atoms with Gasteiger partial charge in [-0.15, -0.1) is 0 Å². The van der Waals surface area contributed by atoms with Crippen molar-refractivity contribution in [3.63, 3.8) is 0 Å². The first kappa shape index (κ1) is 10.4. The molecule has 2 aliphatic rings. The third-order valence-electron chi connectivity index (χ3n) is 3.29. The molecule has 0 fully saturated rings. The number of allylic oxidation sites excluding steroid dienone is 3. The van der Waals surface area contributed by atoms with E-state index in [4.69, 9.17) is 0 Å². The van der Waals surface area contributed by atoms with Crippen molar-refractivity contribution < 1.29 is 0 Å². The third kappa shape index (κ3) is 1.61. The summed E-state index contributed by atoms with van der Waals surface area (Å²) in [6.45, 7) is 0. The van der Waals surface area contributed by atoms with E-state index in [1.807, 2.05) is 0 Å². The van der Waals surface area contributed by atoms with E-state index in [0.29, 0.717) is 5.92 Å². The molecule has 0 nitrogen and oxygen atoms in total. The second-order valence-corrected chi connectivity index (χ2v) is 6.00. The van der Waals surface area contributed by atoms with E-state index in [0.717, 1.165) is 20.9 Å². The lowest BCUT2D eigenvalue weighted by molar-refractivity contribution is 0.967. The van der Waals surface area contributed by atoms with Crippen LogP contribution in [0.4, 0.5) is 0 Å². The van der Waals surface area contributed by atoms with Gasteiger partial charge in [0.05, 0.1) is 9.13 Å². The van der Waals surface area contributed by atoms with Gasteiger partial charge in [0.2, 0.25) is 0 Å². The van der Waals surface area contributed by atoms with Crippen molar-refractivity contribution in [2.24, 2.45) is 0 Å². The van der Waals surface area contributed by atoms with Gasteiger partial charge < -0.3 is 0 Å². The van der Waals surface area contributed by atoms with Gasteiger partial charge in [-0.1, -0.05) is 63.2 Å². The maximum atomic E-state index is 3.68. The fourth-order valence-electron chi connectivity index (χ4n) is 2.52. The summed E-state index contributed by atoms with van der Waals surface area (Å²) < 4.78 is 0. The molecule has 1 radical (unpaired) electrons. The molecule has 0 aromatic heterocycles. The van der Waals surface area contributed by atoms with Crippen molar-refractivity contribution >= 4 is 30.2 Å². The van der Waals surface area contributed by atoms with Gasteiger partial charge in [0.15, 0.2) is 0 Å². The Kier molecular flexibility index (Phi) is 2.78. The van der Waals surface area contributed by atoms with Crippen LogP contribution in [0.25, 0.3) is 0 Å². The van der Waals surface area contributed by atoms with Crippen molar-refractivity contribution in [1.82, 2.24) is 0 Å². The highest BCUT2D eigenvalue weighted by Crippen LogP contribution is 2.33. The van der Waals surface area contributed by atoms with E-state index in [-0.39, 0.29) is 0 Å². The van der Waals surface area contributed by atoms with Crippen LogP contribution < -0.4 is 0 Å². The van der Waals surface area contributed by atoms with Crippen molar-refractivity contribution in [1.29, 1.82) is 0 Å². The zero-order valence-electron chi connectivity index (χ0n) is 8.91. The van der Waals surface area contributed by atoms with E-state index < -0.39 is 0 Å². The quantitative estimate of drug-likeness (QED) is 0.550. The Balaban J connectivity index is 2.17. The molecule has 1 aliphatic carbocycles. The van der Waals surface area contributed by atoms with Crippen molar-refractivity contribution in [3.8, 4) is 0 Å². The highest BCUT2D eigenvalue weighted by Gasteiger charge is 2.26. The lowest BCUT2D eigenvalue weighted by Gasteiger charge is -2.30. The molecule has 1 heterocycles. The molecule has 0 amide bonds.